The summed E-state index contributed by atoms with van der Waals surface area (Å²) in [5, 5.41) is 2.66. The summed E-state index contributed by atoms with van der Waals surface area (Å²) >= 11 is 0. The highest BCUT2D eigenvalue weighted by molar-refractivity contribution is 5.98. The summed E-state index contributed by atoms with van der Waals surface area (Å²) in [6.45, 7) is 2.14. The first-order valence-electron chi connectivity index (χ1n) is 5.67. The van der Waals surface area contributed by atoms with E-state index in [0.29, 0.717) is 0 Å². The molecule has 0 amide bonds. The molecule has 0 atom stereocenters. The van der Waals surface area contributed by atoms with Gasteiger partial charge in [0.2, 0.25) is 13.1 Å². The van der Waals surface area contributed by atoms with Crippen molar-refractivity contribution in [2.75, 3.05) is 0 Å². The van der Waals surface area contributed by atoms with Crippen LogP contribution in [0.2, 0.25) is 0 Å². The van der Waals surface area contributed by atoms with E-state index in [9.17, 15) is 0 Å². The van der Waals surface area contributed by atoms with Crippen molar-refractivity contribution < 1.29 is 26.1 Å². The van der Waals surface area contributed by atoms with Crippen LogP contribution in [0.1, 0.15) is 0 Å². The standard InChI is InChI=1S/C14H12N2.BrH/c1-3-11-5-6-12-4-2-8-16-10-9-15(7-1)13(11)14(12)16;/h1-8H,9-10H2;1H/q+2;/p-1. The summed E-state index contributed by atoms with van der Waals surface area (Å²) in [6.07, 6.45) is 4.36. The van der Waals surface area contributed by atoms with Crippen LogP contribution in [0.5, 0.6) is 0 Å². The first-order chi connectivity index (χ1) is 7.93. The lowest BCUT2D eigenvalue weighted by molar-refractivity contribution is -0.771. The quantitative estimate of drug-likeness (QED) is 0.355. The molecule has 0 N–H and O–H groups in total. The fraction of sp³-hybridized carbons (Fsp3) is 0.143. The van der Waals surface area contributed by atoms with Crippen LogP contribution < -0.4 is 26.1 Å². The highest BCUT2D eigenvalue weighted by Gasteiger charge is 2.26. The van der Waals surface area contributed by atoms with Crippen molar-refractivity contribution >= 4 is 21.8 Å². The summed E-state index contributed by atoms with van der Waals surface area (Å²) in [4.78, 5) is 0. The van der Waals surface area contributed by atoms with Crippen molar-refractivity contribution in [1.29, 1.82) is 0 Å². The molecule has 4 rings (SSSR count). The largest absolute Gasteiger partial charge is 1.00 e. The van der Waals surface area contributed by atoms with Gasteiger partial charge in [-0.15, -0.1) is 0 Å². The molecular weight excluding hydrogens is 276 g/mol. The summed E-state index contributed by atoms with van der Waals surface area (Å²) in [6, 6.07) is 13.1. The van der Waals surface area contributed by atoms with Crippen LogP contribution in [0.4, 0.5) is 0 Å². The van der Waals surface area contributed by atoms with Crippen LogP contribution in [0, 0.1) is 0 Å². The average molecular weight is 288 g/mol. The number of pyridine rings is 2. The van der Waals surface area contributed by atoms with E-state index < -0.39 is 0 Å². The van der Waals surface area contributed by atoms with Gasteiger partial charge in [0.05, 0.1) is 10.8 Å². The van der Waals surface area contributed by atoms with Gasteiger partial charge >= 0.3 is 0 Å². The van der Waals surface area contributed by atoms with Gasteiger partial charge in [0.15, 0.2) is 12.4 Å². The molecule has 1 aromatic carbocycles. The molecule has 0 bridgehead atoms. The fourth-order valence-electron chi connectivity index (χ4n) is 2.72. The molecule has 0 saturated carbocycles. The Kier molecular flexibility index (Phi) is 2.37. The Balaban J connectivity index is 0.000000902. The summed E-state index contributed by atoms with van der Waals surface area (Å²) in [5.74, 6) is 0. The highest BCUT2D eigenvalue weighted by atomic mass is 79.9. The van der Waals surface area contributed by atoms with Crippen molar-refractivity contribution in [1.82, 2.24) is 0 Å². The van der Waals surface area contributed by atoms with Crippen LogP contribution >= 0.6 is 0 Å². The van der Waals surface area contributed by atoms with Gasteiger partial charge in [-0.25, -0.2) is 0 Å². The van der Waals surface area contributed by atoms with Crippen LogP contribution in [0.25, 0.3) is 21.8 Å². The van der Waals surface area contributed by atoms with Gasteiger partial charge in [-0.3, -0.25) is 0 Å². The van der Waals surface area contributed by atoms with Gasteiger partial charge in [-0.1, -0.05) is 0 Å². The van der Waals surface area contributed by atoms with E-state index in [0.717, 1.165) is 13.1 Å². The molecule has 0 aliphatic carbocycles. The third kappa shape index (κ3) is 1.39. The number of aryl methyl sites for hydroxylation is 2. The monoisotopic (exact) mass is 287 g/mol. The zero-order chi connectivity index (χ0) is 10.5. The summed E-state index contributed by atoms with van der Waals surface area (Å²) < 4.78 is 4.72. The first-order valence-corrected chi connectivity index (χ1v) is 5.67. The molecule has 0 spiro atoms. The normalized spacial score (nSPS) is 12.9. The zero-order valence-electron chi connectivity index (χ0n) is 9.31. The van der Waals surface area contributed by atoms with Crippen LogP contribution in [-0.4, -0.2) is 0 Å². The Bertz CT molecular complexity index is 659. The molecule has 1 aliphatic rings. The maximum atomic E-state index is 2.36. The molecule has 0 unspecified atom stereocenters. The Morgan fingerprint density at radius 1 is 0.706 bits per heavy atom. The number of hydrogen-bond donors (Lipinski definition) is 0. The number of rotatable bonds is 0. The van der Waals surface area contributed by atoms with E-state index in [-0.39, 0.29) is 17.0 Å². The first kappa shape index (κ1) is 10.7. The van der Waals surface area contributed by atoms with Crippen molar-refractivity contribution in [2.24, 2.45) is 0 Å². The van der Waals surface area contributed by atoms with Crippen LogP contribution in [0.15, 0.2) is 48.8 Å². The third-order valence-electron chi connectivity index (χ3n) is 3.45. The number of benzene rings is 1. The van der Waals surface area contributed by atoms with Gasteiger partial charge in [0, 0.05) is 12.1 Å². The molecule has 0 fully saturated rings. The van der Waals surface area contributed by atoms with Crippen molar-refractivity contribution in [2.45, 2.75) is 13.1 Å². The Labute approximate surface area is 110 Å². The molecule has 3 heteroatoms. The summed E-state index contributed by atoms with van der Waals surface area (Å²) in [7, 11) is 0. The van der Waals surface area contributed by atoms with Crippen molar-refractivity contribution in [3.63, 3.8) is 0 Å². The smallest absolute Gasteiger partial charge is 0.285 e. The lowest BCUT2D eigenvalue weighted by Crippen LogP contribution is -3.00. The van der Waals surface area contributed by atoms with Crippen LogP contribution in [-0.2, 0) is 13.1 Å². The number of halogens is 1. The second-order valence-electron chi connectivity index (χ2n) is 4.34. The van der Waals surface area contributed by atoms with E-state index >= 15 is 0 Å². The summed E-state index contributed by atoms with van der Waals surface area (Å²) in [5.41, 5.74) is 2.73. The third-order valence-corrected chi connectivity index (χ3v) is 3.45. The second-order valence-corrected chi connectivity index (χ2v) is 4.34. The molecule has 1 aliphatic heterocycles. The molecule has 0 radical (unpaired) electrons. The minimum absolute atomic E-state index is 0. The minimum Gasteiger partial charge on any atom is -1.00 e. The molecule has 84 valence electrons. The van der Waals surface area contributed by atoms with E-state index in [1.807, 2.05) is 0 Å². The number of nitrogens with zero attached hydrogens (tertiary/aromatic N) is 2. The maximum Gasteiger partial charge on any atom is 0.285 e. The fourth-order valence-corrected chi connectivity index (χ4v) is 2.72. The topological polar surface area (TPSA) is 7.76 Å². The van der Waals surface area contributed by atoms with E-state index in [1.54, 1.807) is 0 Å². The van der Waals surface area contributed by atoms with E-state index in [4.69, 9.17) is 0 Å². The predicted molar refractivity (Wildman–Crippen MR) is 61.8 cm³/mol. The minimum atomic E-state index is 0. The number of hydrogen-bond acceptors (Lipinski definition) is 0. The Morgan fingerprint density at radius 2 is 1.18 bits per heavy atom. The highest BCUT2D eigenvalue weighted by Crippen LogP contribution is 2.20. The van der Waals surface area contributed by atoms with E-state index in [2.05, 4.69) is 57.9 Å². The predicted octanol–water partition coefficient (Wildman–Crippen LogP) is -1.41. The van der Waals surface area contributed by atoms with Gasteiger partial charge in [-0.05, 0) is 24.3 Å². The number of aromatic nitrogens is 2. The van der Waals surface area contributed by atoms with Gasteiger partial charge in [0.25, 0.3) is 11.0 Å². The van der Waals surface area contributed by atoms with Crippen molar-refractivity contribution in [3.05, 3.63) is 48.8 Å². The maximum absolute atomic E-state index is 2.36. The Hall–Kier alpha value is -1.48. The molecule has 2 aromatic heterocycles. The average Bonchev–Trinajstić information content (AvgIpc) is 2.36. The molecular formula is C14H12BrN2+. The van der Waals surface area contributed by atoms with Gasteiger partial charge < -0.3 is 17.0 Å². The Morgan fingerprint density at radius 3 is 1.65 bits per heavy atom. The lowest BCUT2D eigenvalue weighted by Gasteiger charge is -2.08. The second kappa shape index (κ2) is 3.77. The van der Waals surface area contributed by atoms with Gasteiger partial charge in [0.1, 0.15) is 0 Å². The molecule has 3 heterocycles. The lowest BCUT2D eigenvalue weighted by atomic mass is 10.1. The molecule has 3 aromatic rings. The molecule has 17 heavy (non-hydrogen) atoms. The zero-order valence-corrected chi connectivity index (χ0v) is 10.9. The van der Waals surface area contributed by atoms with Crippen molar-refractivity contribution in [3.8, 4) is 0 Å². The molecule has 0 saturated heterocycles. The van der Waals surface area contributed by atoms with E-state index in [1.165, 1.54) is 21.8 Å². The SMILES string of the molecule is [Br-].c1cc2ccc3ccc[n+]4c3c2[n+](c1)CC4. The molecule has 2 nitrogen and oxygen atoms in total. The van der Waals surface area contributed by atoms with Crippen LogP contribution in [0.3, 0.4) is 0 Å². The van der Waals surface area contributed by atoms with Gasteiger partial charge in [-0.2, -0.15) is 9.13 Å².